The topological polar surface area (TPSA) is 55.9 Å². The Kier molecular flexibility index (Phi) is 4.34. The fourth-order valence-corrected chi connectivity index (χ4v) is 2.42. The molecule has 0 amide bonds. The van der Waals surface area contributed by atoms with Gasteiger partial charge in [-0.25, -0.2) is 0 Å². The zero-order valence-electron chi connectivity index (χ0n) is 10.5. The summed E-state index contributed by atoms with van der Waals surface area (Å²) < 4.78 is 1.84. The monoisotopic (exact) mass is 234 g/mol. The van der Waals surface area contributed by atoms with Crippen LogP contribution in [0.3, 0.4) is 0 Å². The highest BCUT2D eigenvalue weighted by molar-refractivity contribution is 5.09. The van der Waals surface area contributed by atoms with Gasteiger partial charge in [0.2, 0.25) is 0 Å². The van der Waals surface area contributed by atoms with Crippen molar-refractivity contribution < 1.29 is 0 Å². The second-order valence-electron chi connectivity index (χ2n) is 4.86. The van der Waals surface area contributed by atoms with E-state index in [0.717, 1.165) is 18.5 Å². The summed E-state index contributed by atoms with van der Waals surface area (Å²) in [5, 5.41) is 4.39. The average Bonchev–Trinajstić information content (AvgIpc) is 2.75. The van der Waals surface area contributed by atoms with Crippen molar-refractivity contribution in [1.29, 1.82) is 0 Å². The molecule has 1 unspecified atom stereocenters. The highest BCUT2D eigenvalue weighted by atomic mass is 15.3. The first-order valence-corrected chi connectivity index (χ1v) is 6.40. The van der Waals surface area contributed by atoms with Crippen molar-refractivity contribution in [3.05, 3.63) is 29.6 Å². The highest BCUT2D eigenvalue weighted by Gasteiger charge is 2.13. The van der Waals surface area contributed by atoms with Crippen molar-refractivity contribution in [3.8, 4) is 0 Å². The summed E-state index contributed by atoms with van der Waals surface area (Å²) in [6, 6.07) is 2.36. The van der Waals surface area contributed by atoms with Gasteiger partial charge in [0, 0.05) is 25.7 Å². The van der Waals surface area contributed by atoms with Crippen LogP contribution in [0, 0.1) is 0 Å². The molecule has 1 aliphatic carbocycles. The first-order chi connectivity index (χ1) is 8.28. The number of hydrogen-bond acceptors (Lipinski definition) is 3. The molecule has 4 heteroatoms. The van der Waals surface area contributed by atoms with Crippen molar-refractivity contribution in [1.82, 2.24) is 15.2 Å². The van der Waals surface area contributed by atoms with Gasteiger partial charge in [-0.05, 0) is 38.2 Å². The summed E-state index contributed by atoms with van der Waals surface area (Å²) in [6.45, 7) is 0. The maximum Gasteiger partial charge on any atom is 0.0640 e. The molecule has 0 saturated heterocycles. The quantitative estimate of drug-likeness (QED) is 0.463. The van der Waals surface area contributed by atoms with E-state index >= 15 is 0 Å². The van der Waals surface area contributed by atoms with E-state index in [2.05, 4.69) is 22.7 Å². The summed E-state index contributed by atoms with van der Waals surface area (Å²) >= 11 is 0. The van der Waals surface area contributed by atoms with E-state index in [-0.39, 0.29) is 0 Å². The van der Waals surface area contributed by atoms with Crippen molar-refractivity contribution in [2.24, 2.45) is 12.9 Å². The van der Waals surface area contributed by atoms with Gasteiger partial charge in [0.25, 0.3) is 0 Å². The standard InChI is InChI=1S/C13H22N4/c1-17-8-7-12(16-17)10-13(15-14)9-11-5-3-2-4-6-11/h5,7-8,13,15H,2-4,6,9-10,14H2,1H3. The number of hydrazine groups is 1. The molecule has 1 aromatic heterocycles. The number of nitrogens with one attached hydrogen (secondary N) is 1. The van der Waals surface area contributed by atoms with Gasteiger partial charge in [-0.15, -0.1) is 0 Å². The van der Waals surface area contributed by atoms with Crippen LogP contribution in [0.15, 0.2) is 23.9 Å². The Balaban J connectivity index is 1.90. The third-order valence-corrected chi connectivity index (χ3v) is 3.35. The van der Waals surface area contributed by atoms with E-state index < -0.39 is 0 Å². The lowest BCUT2D eigenvalue weighted by molar-refractivity contribution is 0.498. The third kappa shape index (κ3) is 3.68. The minimum Gasteiger partial charge on any atom is -0.276 e. The Morgan fingerprint density at radius 2 is 2.35 bits per heavy atom. The van der Waals surface area contributed by atoms with E-state index in [4.69, 9.17) is 5.84 Å². The maximum atomic E-state index is 5.63. The second-order valence-corrected chi connectivity index (χ2v) is 4.86. The average molecular weight is 234 g/mol. The predicted octanol–water partition coefficient (Wildman–Crippen LogP) is 1.68. The molecule has 94 valence electrons. The first kappa shape index (κ1) is 12.3. The summed E-state index contributed by atoms with van der Waals surface area (Å²) in [5.74, 6) is 5.63. The van der Waals surface area contributed by atoms with Crippen molar-refractivity contribution in [3.63, 3.8) is 0 Å². The van der Waals surface area contributed by atoms with Crippen LogP contribution in [0.1, 0.15) is 37.8 Å². The van der Waals surface area contributed by atoms with Crippen LogP contribution in [-0.4, -0.2) is 15.8 Å². The van der Waals surface area contributed by atoms with Crippen LogP contribution >= 0.6 is 0 Å². The van der Waals surface area contributed by atoms with Gasteiger partial charge in [0.1, 0.15) is 0 Å². The number of allylic oxidation sites excluding steroid dienone is 1. The molecule has 0 radical (unpaired) electrons. The Morgan fingerprint density at radius 1 is 1.47 bits per heavy atom. The van der Waals surface area contributed by atoms with Crippen LogP contribution < -0.4 is 11.3 Å². The number of nitrogens with two attached hydrogens (primary N) is 1. The summed E-state index contributed by atoms with van der Waals surface area (Å²) in [5.41, 5.74) is 5.57. The number of hydrogen-bond donors (Lipinski definition) is 2. The second kappa shape index (κ2) is 5.98. The first-order valence-electron chi connectivity index (χ1n) is 6.40. The number of nitrogens with zero attached hydrogens (tertiary/aromatic N) is 2. The molecule has 0 bridgehead atoms. The van der Waals surface area contributed by atoms with Gasteiger partial charge in [-0.3, -0.25) is 16.0 Å². The Bertz CT molecular complexity index is 381. The summed E-state index contributed by atoms with van der Waals surface area (Å²) in [7, 11) is 1.94. The molecule has 4 nitrogen and oxygen atoms in total. The fourth-order valence-electron chi connectivity index (χ4n) is 2.42. The normalized spacial score (nSPS) is 17.9. The lowest BCUT2D eigenvalue weighted by Gasteiger charge is -2.19. The molecule has 0 aromatic carbocycles. The van der Waals surface area contributed by atoms with E-state index in [1.165, 1.54) is 25.7 Å². The van der Waals surface area contributed by atoms with Gasteiger partial charge in [-0.1, -0.05) is 11.6 Å². The van der Waals surface area contributed by atoms with Gasteiger partial charge < -0.3 is 0 Å². The summed E-state index contributed by atoms with van der Waals surface area (Å²) in [4.78, 5) is 0. The van der Waals surface area contributed by atoms with Gasteiger partial charge in [0.15, 0.2) is 0 Å². The number of aryl methyl sites for hydroxylation is 1. The summed E-state index contributed by atoms with van der Waals surface area (Å²) in [6.07, 6.45) is 11.4. The van der Waals surface area contributed by atoms with E-state index in [1.807, 2.05) is 17.9 Å². The van der Waals surface area contributed by atoms with Gasteiger partial charge in [0.05, 0.1) is 5.69 Å². The number of rotatable bonds is 5. The fraction of sp³-hybridized carbons (Fsp3) is 0.615. The molecule has 3 N–H and O–H groups in total. The number of aromatic nitrogens is 2. The van der Waals surface area contributed by atoms with Crippen LogP contribution in [0.5, 0.6) is 0 Å². The Labute approximate surface area is 103 Å². The molecule has 0 spiro atoms. The third-order valence-electron chi connectivity index (χ3n) is 3.35. The van der Waals surface area contributed by atoms with E-state index in [0.29, 0.717) is 6.04 Å². The minimum absolute atomic E-state index is 0.300. The molecule has 2 rings (SSSR count). The smallest absolute Gasteiger partial charge is 0.0640 e. The minimum atomic E-state index is 0.300. The van der Waals surface area contributed by atoms with Crippen LogP contribution in [0.4, 0.5) is 0 Å². The van der Waals surface area contributed by atoms with Crippen molar-refractivity contribution in [2.45, 2.75) is 44.6 Å². The SMILES string of the molecule is Cn1ccc(CC(CC2=CCCCC2)NN)n1. The molecule has 1 heterocycles. The zero-order chi connectivity index (χ0) is 12.1. The molecular formula is C13H22N4. The molecule has 1 atom stereocenters. The van der Waals surface area contributed by atoms with Crippen LogP contribution in [-0.2, 0) is 13.5 Å². The molecule has 17 heavy (non-hydrogen) atoms. The molecule has 0 saturated carbocycles. The Hall–Kier alpha value is -1.13. The predicted molar refractivity (Wildman–Crippen MR) is 69.2 cm³/mol. The van der Waals surface area contributed by atoms with Gasteiger partial charge >= 0.3 is 0 Å². The largest absolute Gasteiger partial charge is 0.276 e. The molecular weight excluding hydrogens is 212 g/mol. The van der Waals surface area contributed by atoms with Crippen LogP contribution in [0.2, 0.25) is 0 Å². The molecule has 0 aliphatic heterocycles. The molecule has 1 aromatic rings. The van der Waals surface area contributed by atoms with Crippen molar-refractivity contribution in [2.75, 3.05) is 0 Å². The molecule has 0 fully saturated rings. The Morgan fingerprint density at radius 3 is 2.94 bits per heavy atom. The lowest BCUT2D eigenvalue weighted by Crippen LogP contribution is -2.37. The van der Waals surface area contributed by atoms with Gasteiger partial charge in [-0.2, -0.15) is 5.10 Å². The molecule has 1 aliphatic rings. The van der Waals surface area contributed by atoms with Crippen molar-refractivity contribution >= 4 is 0 Å². The lowest BCUT2D eigenvalue weighted by atomic mass is 9.93. The zero-order valence-corrected chi connectivity index (χ0v) is 10.5. The van der Waals surface area contributed by atoms with E-state index in [1.54, 1.807) is 5.57 Å². The van der Waals surface area contributed by atoms with Crippen LogP contribution in [0.25, 0.3) is 0 Å². The highest BCUT2D eigenvalue weighted by Crippen LogP contribution is 2.22. The maximum absolute atomic E-state index is 5.63. The van der Waals surface area contributed by atoms with E-state index in [9.17, 15) is 0 Å².